The zero-order valence-corrected chi connectivity index (χ0v) is 13.9. The first-order valence-corrected chi connectivity index (χ1v) is 8.36. The Morgan fingerprint density at radius 1 is 1.25 bits per heavy atom. The normalized spacial score (nSPS) is 10.6. The van der Waals surface area contributed by atoms with Crippen molar-refractivity contribution in [1.82, 2.24) is 4.98 Å². The predicted octanol–water partition coefficient (Wildman–Crippen LogP) is 4.86. The summed E-state index contributed by atoms with van der Waals surface area (Å²) < 4.78 is 18.7. The summed E-state index contributed by atoms with van der Waals surface area (Å²) in [6.45, 7) is 0. The smallest absolute Gasteiger partial charge is 0.256 e. The van der Waals surface area contributed by atoms with Crippen molar-refractivity contribution in [1.29, 1.82) is 0 Å². The first-order valence-electron chi connectivity index (χ1n) is 7.00. The van der Waals surface area contributed by atoms with Crippen LogP contribution in [0.25, 0.3) is 11.3 Å². The molecule has 1 heterocycles. The van der Waals surface area contributed by atoms with Gasteiger partial charge in [0, 0.05) is 16.3 Å². The summed E-state index contributed by atoms with van der Waals surface area (Å²) in [5, 5.41) is 3.64. The van der Waals surface area contributed by atoms with Crippen LogP contribution in [0.4, 0.5) is 10.1 Å². The molecule has 0 unspecified atom stereocenters. The summed E-state index contributed by atoms with van der Waals surface area (Å²) >= 11 is 7.01. The van der Waals surface area contributed by atoms with Crippen molar-refractivity contribution in [3.63, 3.8) is 0 Å². The van der Waals surface area contributed by atoms with Crippen LogP contribution in [0.5, 0.6) is 0 Å². The first kappa shape index (κ1) is 16.5. The third kappa shape index (κ3) is 4.37. The van der Waals surface area contributed by atoms with Crippen molar-refractivity contribution in [3.05, 3.63) is 65.6 Å². The highest BCUT2D eigenvalue weighted by molar-refractivity contribution is 7.99. The standard InChI is InChI=1S/C17H12ClFN2O2S/c18-12-6-4-11(5-7-12)15-9-20-17(23-15)24-10-16(22)21-14-3-1-2-13(19)8-14/h1-9H,10H2,(H,21,22). The maximum absolute atomic E-state index is 13.1. The maximum Gasteiger partial charge on any atom is 0.256 e. The number of nitrogens with one attached hydrogen (secondary N) is 1. The topological polar surface area (TPSA) is 55.1 Å². The average molecular weight is 363 g/mol. The second-order valence-electron chi connectivity index (χ2n) is 4.84. The second-order valence-corrected chi connectivity index (χ2v) is 6.21. The van der Waals surface area contributed by atoms with E-state index in [-0.39, 0.29) is 11.7 Å². The molecule has 0 radical (unpaired) electrons. The molecule has 0 saturated heterocycles. The van der Waals surface area contributed by atoms with Crippen LogP contribution in [0, 0.1) is 5.82 Å². The molecule has 0 aliphatic carbocycles. The molecule has 1 amide bonds. The summed E-state index contributed by atoms with van der Waals surface area (Å²) in [4.78, 5) is 16.0. The molecule has 4 nitrogen and oxygen atoms in total. The van der Waals surface area contributed by atoms with Crippen LogP contribution in [-0.2, 0) is 4.79 Å². The van der Waals surface area contributed by atoms with Gasteiger partial charge in [0.1, 0.15) is 5.82 Å². The van der Waals surface area contributed by atoms with Crippen LogP contribution in [0.2, 0.25) is 5.02 Å². The molecule has 2 aromatic carbocycles. The molecule has 0 spiro atoms. The summed E-state index contributed by atoms with van der Waals surface area (Å²) in [5.74, 6) is 0.0363. The minimum Gasteiger partial charge on any atom is -0.431 e. The number of aromatic nitrogens is 1. The molecule has 0 aliphatic rings. The molecule has 0 saturated carbocycles. The highest BCUT2D eigenvalue weighted by atomic mass is 35.5. The fourth-order valence-corrected chi connectivity index (χ4v) is 2.69. The lowest BCUT2D eigenvalue weighted by Crippen LogP contribution is -2.14. The van der Waals surface area contributed by atoms with Crippen molar-refractivity contribution in [3.8, 4) is 11.3 Å². The van der Waals surface area contributed by atoms with E-state index in [1.807, 2.05) is 12.1 Å². The van der Waals surface area contributed by atoms with E-state index in [0.717, 1.165) is 17.3 Å². The van der Waals surface area contributed by atoms with E-state index < -0.39 is 5.82 Å². The van der Waals surface area contributed by atoms with Crippen LogP contribution in [-0.4, -0.2) is 16.6 Å². The molecule has 0 atom stereocenters. The van der Waals surface area contributed by atoms with Crippen molar-refractivity contribution < 1.29 is 13.6 Å². The van der Waals surface area contributed by atoms with E-state index in [1.165, 1.54) is 18.2 Å². The van der Waals surface area contributed by atoms with Gasteiger partial charge in [-0.2, -0.15) is 0 Å². The van der Waals surface area contributed by atoms with Crippen molar-refractivity contribution in [2.45, 2.75) is 5.22 Å². The number of benzene rings is 2. The Bertz CT molecular complexity index is 852. The van der Waals surface area contributed by atoms with Gasteiger partial charge < -0.3 is 9.73 Å². The Kier molecular flexibility index (Phi) is 5.17. The predicted molar refractivity (Wildman–Crippen MR) is 92.7 cm³/mol. The van der Waals surface area contributed by atoms with Gasteiger partial charge in [0.25, 0.3) is 5.22 Å². The fourth-order valence-electron chi connectivity index (χ4n) is 1.96. The molecule has 1 aromatic heterocycles. The van der Waals surface area contributed by atoms with Gasteiger partial charge in [-0.1, -0.05) is 29.4 Å². The summed E-state index contributed by atoms with van der Waals surface area (Å²) in [7, 11) is 0. The second kappa shape index (κ2) is 7.51. The minimum absolute atomic E-state index is 0.108. The van der Waals surface area contributed by atoms with Gasteiger partial charge >= 0.3 is 0 Å². The zero-order valence-electron chi connectivity index (χ0n) is 12.3. The van der Waals surface area contributed by atoms with Crippen molar-refractivity contribution in [2.75, 3.05) is 11.1 Å². The lowest BCUT2D eigenvalue weighted by molar-refractivity contribution is -0.113. The lowest BCUT2D eigenvalue weighted by atomic mass is 10.2. The van der Waals surface area contributed by atoms with E-state index in [0.29, 0.717) is 21.7 Å². The monoisotopic (exact) mass is 362 g/mol. The van der Waals surface area contributed by atoms with Crippen molar-refractivity contribution >= 4 is 35.0 Å². The third-order valence-electron chi connectivity index (χ3n) is 3.05. The Hall–Kier alpha value is -2.31. The summed E-state index contributed by atoms with van der Waals surface area (Å²) in [6, 6.07) is 12.9. The number of carbonyl (C=O) groups excluding carboxylic acids is 1. The van der Waals surface area contributed by atoms with E-state index in [1.54, 1.807) is 24.4 Å². The Morgan fingerprint density at radius 3 is 2.79 bits per heavy atom. The Labute approximate surface area is 147 Å². The Morgan fingerprint density at radius 2 is 2.04 bits per heavy atom. The molecule has 0 bridgehead atoms. The molecule has 3 aromatic rings. The molecule has 0 fully saturated rings. The van der Waals surface area contributed by atoms with Crippen LogP contribution in [0.1, 0.15) is 0 Å². The number of carbonyl (C=O) groups is 1. The van der Waals surface area contributed by atoms with E-state index in [9.17, 15) is 9.18 Å². The number of thioether (sulfide) groups is 1. The van der Waals surface area contributed by atoms with Crippen LogP contribution >= 0.6 is 23.4 Å². The largest absolute Gasteiger partial charge is 0.431 e. The number of rotatable bonds is 5. The number of anilines is 1. The minimum atomic E-state index is -0.402. The first-order chi connectivity index (χ1) is 11.6. The lowest BCUT2D eigenvalue weighted by Gasteiger charge is -2.03. The van der Waals surface area contributed by atoms with E-state index >= 15 is 0 Å². The van der Waals surface area contributed by atoms with Crippen molar-refractivity contribution in [2.24, 2.45) is 0 Å². The molecule has 3 rings (SSSR count). The molecule has 122 valence electrons. The number of amides is 1. The fraction of sp³-hybridized carbons (Fsp3) is 0.0588. The van der Waals surface area contributed by atoms with Crippen LogP contribution in [0.15, 0.2) is 64.4 Å². The molecular weight excluding hydrogens is 351 g/mol. The molecular formula is C17H12ClFN2O2S. The Balaban J connectivity index is 1.57. The quantitative estimate of drug-likeness (QED) is 0.658. The number of halogens is 2. The van der Waals surface area contributed by atoms with Crippen LogP contribution < -0.4 is 5.32 Å². The van der Waals surface area contributed by atoms with Gasteiger partial charge in [0.2, 0.25) is 5.91 Å². The summed E-state index contributed by atoms with van der Waals surface area (Å²) in [5.41, 5.74) is 1.26. The van der Waals surface area contributed by atoms with Gasteiger partial charge in [-0.25, -0.2) is 9.37 Å². The van der Waals surface area contributed by atoms with E-state index in [2.05, 4.69) is 10.3 Å². The number of nitrogens with zero attached hydrogens (tertiary/aromatic N) is 1. The SMILES string of the molecule is O=C(CSc1ncc(-c2ccc(Cl)cc2)o1)Nc1cccc(F)c1. The van der Waals surface area contributed by atoms with Gasteiger partial charge in [0.15, 0.2) is 5.76 Å². The highest BCUT2D eigenvalue weighted by Gasteiger charge is 2.10. The third-order valence-corrected chi connectivity index (χ3v) is 4.14. The maximum atomic E-state index is 13.1. The van der Waals surface area contributed by atoms with Gasteiger partial charge in [0.05, 0.1) is 11.9 Å². The number of hydrogen-bond donors (Lipinski definition) is 1. The average Bonchev–Trinajstić information content (AvgIpc) is 3.03. The van der Waals surface area contributed by atoms with Crippen LogP contribution in [0.3, 0.4) is 0 Å². The molecule has 7 heteroatoms. The highest BCUT2D eigenvalue weighted by Crippen LogP contribution is 2.26. The molecule has 1 N–H and O–H groups in total. The van der Waals surface area contributed by atoms with Gasteiger partial charge in [-0.15, -0.1) is 0 Å². The molecule has 24 heavy (non-hydrogen) atoms. The van der Waals surface area contributed by atoms with Gasteiger partial charge in [-0.3, -0.25) is 4.79 Å². The zero-order chi connectivity index (χ0) is 16.9. The number of hydrogen-bond acceptors (Lipinski definition) is 4. The van der Waals surface area contributed by atoms with Gasteiger partial charge in [-0.05, 0) is 42.5 Å². The number of oxazole rings is 1. The molecule has 0 aliphatic heterocycles. The summed E-state index contributed by atoms with van der Waals surface area (Å²) in [6.07, 6.45) is 1.59. The van der Waals surface area contributed by atoms with E-state index in [4.69, 9.17) is 16.0 Å².